The van der Waals surface area contributed by atoms with Crippen LogP contribution in [-0.4, -0.2) is 80.1 Å². The van der Waals surface area contributed by atoms with Crippen LogP contribution in [0.25, 0.3) is 11.1 Å². The Morgan fingerprint density at radius 1 is 0.774 bits per heavy atom. The van der Waals surface area contributed by atoms with Crippen LogP contribution in [0.5, 0.6) is 11.5 Å². The van der Waals surface area contributed by atoms with Gasteiger partial charge in [0.25, 0.3) is 0 Å². The van der Waals surface area contributed by atoms with E-state index in [0.29, 0.717) is 11.8 Å². The number of halogens is 2. The third kappa shape index (κ3) is 16.6. The molecule has 323 valence electrons. The number of nitrogens with one attached hydrogen (secondary N) is 1. The maximum absolute atomic E-state index is 13.2. The first-order valence-corrected chi connectivity index (χ1v) is 19.4. The number of likely N-dealkylation sites (tertiary alicyclic amines) is 1. The summed E-state index contributed by atoms with van der Waals surface area (Å²) in [5.74, 6) is -2.53. The maximum atomic E-state index is 13.2. The van der Waals surface area contributed by atoms with Gasteiger partial charge in [-0.2, -0.15) is 0 Å². The van der Waals surface area contributed by atoms with Crippen molar-refractivity contribution in [3.05, 3.63) is 142 Å². The molecule has 62 heavy (non-hydrogen) atoms. The summed E-state index contributed by atoms with van der Waals surface area (Å²) in [5.41, 5.74) is 9.47. The fraction of sp³-hybridized carbons (Fsp3) is 0.319. The van der Waals surface area contributed by atoms with Crippen molar-refractivity contribution in [3.8, 4) is 11.5 Å². The van der Waals surface area contributed by atoms with Gasteiger partial charge in [-0.05, 0) is 114 Å². The molecule has 8 rings (SSSR count). The topological polar surface area (TPSA) is 152 Å². The Bertz CT molecular complexity index is 2160. The fourth-order valence-corrected chi connectivity index (χ4v) is 7.04. The van der Waals surface area contributed by atoms with E-state index in [2.05, 4.69) is 69.1 Å². The van der Waals surface area contributed by atoms with Crippen LogP contribution in [-0.2, 0) is 46.4 Å². The minimum atomic E-state index is -0.639. The van der Waals surface area contributed by atoms with Crippen molar-refractivity contribution >= 4 is 43.4 Å². The van der Waals surface area contributed by atoms with E-state index in [4.69, 9.17) is 5.11 Å². The van der Waals surface area contributed by atoms with Gasteiger partial charge in [0.1, 0.15) is 6.29 Å². The predicted molar refractivity (Wildman–Crippen MR) is 230 cm³/mol. The third-order valence-corrected chi connectivity index (χ3v) is 9.98. The second-order valence-electron chi connectivity index (χ2n) is 14.3. The first-order valence-electron chi connectivity index (χ1n) is 19.4. The van der Waals surface area contributed by atoms with Gasteiger partial charge >= 0.3 is 41.5 Å². The molecule has 15 heteroatoms. The van der Waals surface area contributed by atoms with Crippen molar-refractivity contribution in [2.45, 2.75) is 65.7 Å². The van der Waals surface area contributed by atoms with Crippen LogP contribution in [0.2, 0.25) is 0 Å². The Kier molecular flexibility index (Phi) is 23.1. The molecule has 2 heterocycles. The van der Waals surface area contributed by atoms with Crippen molar-refractivity contribution in [2.24, 2.45) is 0 Å². The largest absolute Gasteiger partial charge is 1.00 e. The summed E-state index contributed by atoms with van der Waals surface area (Å²) in [6, 6.07) is 25.9. The molecule has 4 aliphatic rings. The van der Waals surface area contributed by atoms with Crippen LogP contribution in [0.1, 0.15) is 86.3 Å². The molecule has 2 aliphatic heterocycles. The van der Waals surface area contributed by atoms with E-state index in [1.807, 2.05) is 24.3 Å². The van der Waals surface area contributed by atoms with Gasteiger partial charge in [-0.25, -0.2) is 28.1 Å². The van der Waals surface area contributed by atoms with Gasteiger partial charge in [0.05, 0.1) is 0 Å². The molecule has 4 aromatic carbocycles. The number of hydrogen-bond donors (Lipinski definition) is 3. The molecule has 2 saturated heterocycles. The Morgan fingerprint density at radius 3 is 1.79 bits per heavy atom. The zero-order valence-electron chi connectivity index (χ0n) is 34.9. The molecule has 4 aromatic rings. The molecular weight excluding hydrogens is 808 g/mol. The van der Waals surface area contributed by atoms with Crippen molar-refractivity contribution in [1.82, 2.24) is 10.2 Å². The minimum absolute atomic E-state index is 0. The summed E-state index contributed by atoms with van der Waals surface area (Å²) in [6.07, 6.45) is 9.29. The van der Waals surface area contributed by atoms with Crippen molar-refractivity contribution in [3.63, 3.8) is 0 Å². The van der Waals surface area contributed by atoms with Crippen LogP contribution in [0.4, 0.5) is 8.78 Å². The number of carbonyl (C=O) groups excluding carboxylic acids is 4. The molecular formula is C47H53BF2N2NaO9. The van der Waals surface area contributed by atoms with Crippen LogP contribution >= 0.6 is 0 Å². The number of phenolic OH excluding ortho intramolecular Hbond substituents is 2. The molecule has 2 atom stereocenters. The summed E-state index contributed by atoms with van der Waals surface area (Å²) < 4.78 is 29.5. The molecule has 3 N–H and O–H groups in total. The average Bonchev–Trinajstić information content (AvgIpc) is 4.09. The third-order valence-electron chi connectivity index (χ3n) is 9.98. The molecule has 0 saturated carbocycles. The number of rotatable bonds is 5. The summed E-state index contributed by atoms with van der Waals surface area (Å²) in [5, 5.41) is 22.0. The second kappa shape index (κ2) is 27.1. The van der Waals surface area contributed by atoms with Crippen molar-refractivity contribution < 1.29 is 82.2 Å². The van der Waals surface area contributed by atoms with Crippen molar-refractivity contribution in [2.75, 3.05) is 32.7 Å². The number of phenols is 2. The van der Waals surface area contributed by atoms with Gasteiger partial charge < -0.3 is 28.2 Å². The van der Waals surface area contributed by atoms with E-state index in [-0.39, 0.29) is 48.5 Å². The van der Waals surface area contributed by atoms with E-state index in [0.717, 1.165) is 101 Å². The first-order chi connectivity index (χ1) is 28.8. The molecule has 2 aliphatic carbocycles. The van der Waals surface area contributed by atoms with E-state index in [9.17, 15) is 33.1 Å². The smallest absolute Gasteiger partial charge is 0.793 e. The molecule has 0 spiro atoms. The number of carbonyl (C=O) groups is 4. The number of nitrogens with zero attached hydrogens (tertiary/aromatic N) is 1. The average molecular weight is 862 g/mol. The van der Waals surface area contributed by atoms with Crippen LogP contribution in [0.15, 0.2) is 97.1 Å². The molecule has 3 radical (unpaired) electrons. The zero-order chi connectivity index (χ0) is 43.6. The van der Waals surface area contributed by atoms with Gasteiger partial charge in [0.2, 0.25) is 5.97 Å². The van der Waals surface area contributed by atoms with E-state index in [1.165, 1.54) is 47.4 Å². The van der Waals surface area contributed by atoms with Gasteiger partial charge in [-0.3, -0.25) is 14.5 Å². The number of aromatic hydroxyl groups is 2. The van der Waals surface area contributed by atoms with Crippen LogP contribution in [0, 0.1) is 11.6 Å². The number of allylic oxidation sites excluding steroid dienone is 3. The summed E-state index contributed by atoms with van der Waals surface area (Å²) >= 11 is 0. The first kappa shape index (κ1) is 53.0. The summed E-state index contributed by atoms with van der Waals surface area (Å²) in [7, 11) is 4.32. The summed E-state index contributed by atoms with van der Waals surface area (Å²) in [4.78, 5) is 49.8. The number of fused-ring (bicyclic) bond motifs is 2. The predicted octanol–water partition coefficient (Wildman–Crippen LogP) is 4.69. The minimum Gasteiger partial charge on any atom is -0.793 e. The van der Waals surface area contributed by atoms with E-state index in [1.54, 1.807) is 18.2 Å². The fourth-order valence-electron chi connectivity index (χ4n) is 7.04. The summed E-state index contributed by atoms with van der Waals surface area (Å²) in [6.45, 7) is 8.42. The van der Waals surface area contributed by atoms with E-state index < -0.39 is 29.5 Å². The number of aldehydes is 1. The Labute approximate surface area is 385 Å². The Hall–Kier alpha value is -5.12. The van der Waals surface area contributed by atoms with E-state index >= 15 is 0 Å². The zero-order valence-corrected chi connectivity index (χ0v) is 36.9. The normalized spacial score (nSPS) is 16.3. The van der Waals surface area contributed by atoms with Gasteiger partial charge in [-0.15, -0.1) is 0 Å². The quantitative estimate of drug-likeness (QED) is 0.111. The molecule has 11 nitrogen and oxygen atoms in total. The molecule has 0 bridgehead atoms. The molecule has 0 amide bonds. The Morgan fingerprint density at radius 2 is 1.29 bits per heavy atom. The SMILES string of the molecule is C.CC(=O)OOC(C)=O.O=CC1=CCc2ccccc21.Oc1cc(C2CCN(CC3=CCc4ccccc43)C2)ccc1F.Oc1cc(C2CCNC2)ccc1F.[B-]OC(C)=O.[Na+]. The molecule has 2 unspecified atom stereocenters. The second-order valence-corrected chi connectivity index (χ2v) is 14.3. The number of benzene rings is 4. The van der Waals surface area contributed by atoms with Gasteiger partial charge in [0.15, 0.2) is 23.1 Å². The van der Waals surface area contributed by atoms with Gasteiger partial charge in [-0.1, -0.05) is 80.2 Å². The number of hydrogen-bond acceptors (Lipinski definition) is 11. The Balaban J connectivity index is 0.000000291. The van der Waals surface area contributed by atoms with Gasteiger partial charge in [0, 0.05) is 46.0 Å². The van der Waals surface area contributed by atoms with Crippen LogP contribution < -0.4 is 34.9 Å². The molecule has 0 aromatic heterocycles. The standard InChI is InChI=1S/C20H20FNO.C10H12FNO.C10H8O.C4H6O4.C2H3BO2.CH4.Na/c21-19-8-7-15(11-20(19)23)16-9-10-22(12-16)13-17-6-5-14-3-1-2-4-18(14)17;11-9-2-1-7(5-10(9)13)8-3-4-12-6-8;11-7-9-6-5-8-3-1-2-4-10(8)9;1-3(5)7-8-4(2)6;1-2(4)5-3;;/h1-4,6-8,11,16,23H,5,9-10,12-13H2;1-2,5,8,12-13H,3-4,6H2;1-4,6-7H,5H2;1-2H3;1H3;1H4;/q;;;;-1;;+1. The monoisotopic (exact) mass is 861 g/mol. The molecule has 2 fully saturated rings. The van der Waals surface area contributed by atoms with Crippen LogP contribution in [0.3, 0.4) is 0 Å². The van der Waals surface area contributed by atoms with Crippen molar-refractivity contribution in [1.29, 1.82) is 0 Å². The maximum Gasteiger partial charge on any atom is 1.00 e.